The molecule has 2 rings (SSSR count). The van der Waals surface area contributed by atoms with Crippen molar-refractivity contribution < 1.29 is 0 Å². The molecule has 90 valence electrons. The van der Waals surface area contributed by atoms with Crippen molar-refractivity contribution >= 4 is 5.82 Å². The highest BCUT2D eigenvalue weighted by atomic mass is 15.2. The molecule has 1 aliphatic rings. The van der Waals surface area contributed by atoms with Gasteiger partial charge in [0, 0.05) is 6.54 Å². The van der Waals surface area contributed by atoms with Crippen molar-refractivity contribution in [3.63, 3.8) is 0 Å². The second kappa shape index (κ2) is 5.13. The first-order chi connectivity index (χ1) is 8.28. The minimum Gasteiger partial charge on any atom is -0.368 e. The minimum atomic E-state index is 0.363. The molecule has 1 aromatic heterocycles. The molecule has 0 atom stereocenters. The van der Waals surface area contributed by atoms with Crippen molar-refractivity contribution in [3.8, 4) is 6.07 Å². The van der Waals surface area contributed by atoms with Gasteiger partial charge in [-0.2, -0.15) is 5.26 Å². The highest BCUT2D eigenvalue weighted by Gasteiger charge is 2.31. The number of rotatable bonds is 4. The van der Waals surface area contributed by atoms with Crippen LogP contribution in [0, 0.1) is 16.7 Å². The first kappa shape index (κ1) is 11.8. The molecule has 0 amide bonds. The van der Waals surface area contributed by atoms with Crippen LogP contribution in [-0.2, 0) is 0 Å². The maximum absolute atomic E-state index is 8.64. The summed E-state index contributed by atoms with van der Waals surface area (Å²) in [5.41, 5.74) is 0.803. The first-order valence-electron chi connectivity index (χ1n) is 6.26. The van der Waals surface area contributed by atoms with Crippen LogP contribution in [0.15, 0.2) is 12.1 Å². The van der Waals surface area contributed by atoms with E-state index in [9.17, 15) is 0 Å². The first-order valence-corrected chi connectivity index (χ1v) is 6.26. The number of nitriles is 1. The second-order valence-corrected chi connectivity index (χ2v) is 4.83. The number of nitrogens with zero attached hydrogens (tertiary/aromatic N) is 3. The van der Waals surface area contributed by atoms with Crippen molar-refractivity contribution in [1.29, 1.82) is 5.26 Å². The van der Waals surface area contributed by atoms with Gasteiger partial charge in [0.2, 0.25) is 0 Å². The van der Waals surface area contributed by atoms with Crippen LogP contribution in [0.25, 0.3) is 0 Å². The molecule has 0 aromatic carbocycles. The van der Waals surface area contributed by atoms with Crippen molar-refractivity contribution in [2.24, 2.45) is 5.41 Å². The Morgan fingerprint density at radius 1 is 1.35 bits per heavy atom. The summed E-state index contributed by atoms with van der Waals surface area (Å²) >= 11 is 0. The third-order valence-corrected chi connectivity index (χ3v) is 3.84. The fourth-order valence-corrected chi connectivity index (χ4v) is 2.54. The fraction of sp³-hybridized carbons (Fsp3) is 0.615. The van der Waals surface area contributed by atoms with Gasteiger partial charge in [-0.25, -0.2) is 0 Å². The van der Waals surface area contributed by atoms with E-state index in [1.54, 1.807) is 6.07 Å². The molecule has 1 aromatic rings. The molecule has 17 heavy (non-hydrogen) atoms. The third-order valence-electron chi connectivity index (χ3n) is 3.84. The van der Waals surface area contributed by atoms with Crippen molar-refractivity contribution in [1.82, 2.24) is 10.2 Å². The number of aromatic nitrogens is 2. The second-order valence-electron chi connectivity index (χ2n) is 4.83. The van der Waals surface area contributed by atoms with Crippen molar-refractivity contribution in [2.75, 3.05) is 11.9 Å². The molecule has 0 spiro atoms. The van der Waals surface area contributed by atoms with Crippen LogP contribution in [-0.4, -0.2) is 16.7 Å². The van der Waals surface area contributed by atoms with Gasteiger partial charge in [-0.15, -0.1) is 10.2 Å². The molecule has 4 nitrogen and oxygen atoms in total. The molecule has 0 radical (unpaired) electrons. The van der Waals surface area contributed by atoms with Gasteiger partial charge in [0.1, 0.15) is 11.9 Å². The highest BCUT2D eigenvalue weighted by molar-refractivity contribution is 5.35. The summed E-state index contributed by atoms with van der Waals surface area (Å²) in [5, 5.41) is 19.8. The molecule has 1 N–H and O–H groups in total. The molecule has 0 saturated heterocycles. The molecule has 4 heteroatoms. The van der Waals surface area contributed by atoms with E-state index in [0.29, 0.717) is 11.1 Å². The van der Waals surface area contributed by atoms with Crippen LogP contribution < -0.4 is 5.32 Å². The van der Waals surface area contributed by atoms with E-state index < -0.39 is 0 Å². The van der Waals surface area contributed by atoms with E-state index in [-0.39, 0.29) is 0 Å². The Morgan fingerprint density at radius 3 is 2.65 bits per heavy atom. The van der Waals surface area contributed by atoms with Gasteiger partial charge in [0.15, 0.2) is 5.69 Å². The highest BCUT2D eigenvalue weighted by Crippen LogP contribution is 2.40. The van der Waals surface area contributed by atoms with E-state index in [0.717, 1.165) is 12.4 Å². The lowest BCUT2D eigenvalue weighted by atomic mass is 9.83. The van der Waals surface area contributed by atoms with E-state index in [1.165, 1.54) is 32.1 Å². The SMILES string of the molecule is CCC1(CNc2ccc(C#N)nn2)CCCC1. The smallest absolute Gasteiger partial charge is 0.163 e. The fourth-order valence-electron chi connectivity index (χ4n) is 2.54. The number of hydrogen-bond acceptors (Lipinski definition) is 4. The Bertz CT molecular complexity index is 398. The Morgan fingerprint density at radius 2 is 2.12 bits per heavy atom. The molecular formula is C13H18N4. The maximum Gasteiger partial charge on any atom is 0.163 e. The molecule has 1 fully saturated rings. The average Bonchev–Trinajstić information content (AvgIpc) is 2.86. The maximum atomic E-state index is 8.64. The standard InChI is InChI=1S/C13H18N4/c1-2-13(7-3-4-8-13)10-15-12-6-5-11(9-14)16-17-12/h5-6H,2-4,7-8,10H2,1H3,(H,15,17). The average molecular weight is 230 g/mol. The molecular weight excluding hydrogens is 212 g/mol. The zero-order valence-corrected chi connectivity index (χ0v) is 10.2. The van der Waals surface area contributed by atoms with Crippen LogP contribution in [0.1, 0.15) is 44.7 Å². The molecule has 0 bridgehead atoms. The van der Waals surface area contributed by atoms with Crippen LogP contribution in [0.4, 0.5) is 5.82 Å². The van der Waals surface area contributed by atoms with Gasteiger partial charge in [0.05, 0.1) is 0 Å². The van der Waals surface area contributed by atoms with Crippen LogP contribution in [0.5, 0.6) is 0 Å². The predicted molar refractivity (Wildman–Crippen MR) is 66.4 cm³/mol. The number of hydrogen-bond donors (Lipinski definition) is 1. The summed E-state index contributed by atoms with van der Waals surface area (Å²) in [7, 11) is 0. The van der Waals surface area contributed by atoms with E-state index >= 15 is 0 Å². The molecule has 1 saturated carbocycles. The zero-order valence-electron chi connectivity index (χ0n) is 10.2. The lowest BCUT2D eigenvalue weighted by Gasteiger charge is -2.27. The Labute approximate surface area is 102 Å². The Balaban J connectivity index is 1.94. The minimum absolute atomic E-state index is 0.363. The van der Waals surface area contributed by atoms with Gasteiger partial charge < -0.3 is 5.32 Å². The third kappa shape index (κ3) is 2.73. The summed E-state index contributed by atoms with van der Waals surface area (Å²) in [6.45, 7) is 3.22. The predicted octanol–water partition coefficient (Wildman–Crippen LogP) is 2.73. The molecule has 0 unspecified atom stereocenters. The summed E-state index contributed by atoms with van der Waals surface area (Å²) in [4.78, 5) is 0. The normalized spacial score (nSPS) is 17.6. The van der Waals surface area contributed by atoms with Crippen LogP contribution >= 0.6 is 0 Å². The lowest BCUT2D eigenvalue weighted by molar-refractivity contribution is 0.306. The van der Waals surface area contributed by atoms with Crippen molar-refractivity contribution in [2.45, 2.75) is 39.0 Å². The number of anilines is 1. The summed E-state index contributed by atoms with van der Waals surface area (Å²) in [6, 6.07) is 5.49. The largest absolute Gasteiger partial charge is 0.368 e. The van der Waals surface area contributed by atoms with Gasteiger partial charge in [-0.05, 0) is 36.8 Å². The van der Waals surface area contributed by atoms with E-state index in [2.05, 4.69) is 22.4 Å². The van der Waals surface area contributed by atoms with Crippen LogP contribution in [0.3, 0.4) is 0 Å². The molecule has 1 aliphatic carbocycles. The topological polar surface area (TPSA) is 61.6 Å². The van der Waals surface area contributed by atoms with Gasteiger partial charge >= 0.3 is 0 Å². The molecule has 0 aliphatic heterocycles. The summed E-state index contributed by atoms with van der Waals surface area (Å²) < 4.78 is 0. The van der Waals surface area contributed by atoms with Gasteiger partial charge in [-0.3, -0.25) is 0 Å². The van der Waals surface area contributed by atoms with Gasteiger partial charge in [0.25, 0.3) is 0 Å². The van der Waals surface area contributed by atoms with Crippen molar-refractivity contribution in [3.05, 3.63) is 17.8 Å². The van der Waals surface area contributed by atoms with E-state index in [4.69, 9.17) is 5.26 Å². The quantitative estimate of drug-likeness (QED) is 0.863. The van der Waals surface area contributed by atoms with Crippen LogP contribution in [0.2, 0.25) is 0 Å². The Kier molecular flexibility index (Phi) is 3.58. The monoisotopic (exact) mass is 230 g/mol. The summed E-state index contributed by atoms with van der Waals surface area (Å²) in [6.07, 6.45) is 6.51. The van der Waals surface area contributed by atoms with E-state index in [1.807, 2.05) is 12.1 Å². The van der Waals surface area contributed by atoms with Gasteiger partial charge in [-0.1, -0.05) is 19.8 Å². The zero-order chi connectivity index (χ0) is 12.1. The lowest BCUT2D eigenvalue weighted by Crippen LogP contribution is -2.26. The Hall–Kier alpha value is -1.63. The molecule has 1 heterocycles. The summed E-state index contributed by atoms with van der Waals surface area (Å²) in [5.74, 6) is 0.767. The number of nitrogens with one attached hydrogen (secondary N) is 1.